The van der Waals surface area contributed by atoms with E-state index in [1.807, 2.05) is 35.0 Å². The van der Waals surface area contributed by atoms with Gasteiger partial charge in [-0.3, -0.25) is 0 Å². The Kier molecular flexibility index (Phi) is 5.20. The molecule has 2 atom stereocenters. The third-order valence-electron chi connectivity index (χ3n) is 3.73. The highest BCUT2D eigenvalue weighted by Gasteiger charge is 2.25. The molecule has 0 saturated heterocycles. The lowest BCUT2D eigenvalue weighted by molar-refractivity contribution is 0.0214. The largest absolute Gasteiger partial charge is 0.497 e. The summed E-state index contributed by atoms with van der Waals surface area (Å²) in [7, 11) is 1.61. The summed E-state index contributed by atoms with van der Waals surface area (Å²) in [4.78, 5) is 4.06. The standard InChI is InChI=1S/C17H19ClN2O3/c1-21-13-4-5-15(14(18)11-13)23-17(16-3-2-10-22-16)6-8-20-9-7-19-12-20/h2-5,7,9,11-12,16-17H,6,8,10H2,1H3/t16-,17?/m0/s1. The first-order valence-corrected chi connectivity index (χ1v) is 7.88. The molecule has 0 fully saturated rings. The fraction of sp³-hybridized carbons (Fsp3) is 0.353. The van der Waals surface area contributed by atoms with E-state index >= 15 is 0 Å². The molecule has 0 saturated carbocycles. The summed E-state index contributed by atoms with van der Waals surface area (Å²) in [5.41, 5.74) is 0. The second kappa shape index (κ2) is 7.53. The molecule has 0 aliphatic carbocycles. The second-order valence-corrected chi connectivity index (χ2v) is 5.68. The van der Waals surface area contributed by atoms with Crippen LogP contribution in [0, 0.1) is 0 Å². The predicted octanol–water partition coefficient (Wildman–Crippen LogP) is 3.34. The molecule has 23 heavy (non-hydrogen) atoms. The number of aromatic nitrogens is 2. The number of benzene rings is 1. The van der Waals surface area contributed by atoms with Crippen LogP contribution in [0.3, 0.4) is 0 Å². The van der Waals surface area contributed by atoms with Gasteiger partial charge in [0.05, 0.1) is 25.1 Å². The summed E-state index contributed by atoms with van der Waals surface area (Å²) in [6.45, 7) is 1.41. The first kappa shape index (κ1) is 15.9. The Balaban J connectivity index is 1.71. The molecule has 2 aromatic rings. The molecule has 0 bridgehead atoms. The highest BCUT2D eigenvalue weighted by molar-refractivity contribution is 6.32. The van der Waals surface area contributed by atoms with Gasteiger partial charge < -0.3 is 18.8 Å². The van der Waals surface area contributed by atoms with Crippen LogP contribution in [0.1, 0.15) is 6.42 Å². The lowest BCUT2D eigenvalue weighted by Crippen LogP contribution is -2.32. The number of aryl methyl sites for hydroxylation is 1. The monoisotopic (exact) mass is 334 g/mol. The van der Waals surface area contributed by atoms with Crippen molar-refractivity contribution >= 4 is 11.6 Å². The molecule has 5 nitrogen and oxygen atoms in total. The van der Waals surface area contributed by atoms with Crippen molar-refractivity contribution in [2.24, 2.45) is 0 Å². The minimum absolute atomic E-state index is 0.0725. The van der Waals surface area contributed by atoms with Crippen molar-refractivity contribution in [1.82, 2.24) is 9.55 Å². The molecule has 0 N–H and O–H groups in total. The average Bonchev–Trinajstić information content (AvgIpc) is 3.26. The quantitative estimate of drug-likeness (QED) is 0.729. The topological polar surface area (TPSA) is 45.5 Å². The molecule has 1 aliphatic heterocycles. The van der Waals surface area contributed by atoms with Crippen molar-refractivity contribution in [3.05, 3.63) is 54.1 Å². The Morgan fingerprint density at radius 2 is 2.39 bits per heavy atom. The van der Waals surface area contributed by atoms with E-state index in [1.165, 1.54) is 0 Å². The summed E-state index contributed by atoms with van der Waals surface area (Å²) >= 11 is 6.28. The number of halogens is 1. The fourth-order valence-electron chi connectivity index (χ4n) is 2.50. The summed E-state index contributed by atoms with van der Waals surface area (Å²) in [5.74, 6) is 1.33. The van der Waals surface area contributed by atoms with Crippen LogP contribution in [0.15, 0.2) is 49.1 Å². The molecule has 0 radical (unpaired) electrons. The lowest BCUT2D eigenvalue weighted by atomic mass is 10.1. The van der Waals surface area contributed by atoms with Crippen molar-refractivity contribution in [1.29, 1.82) is 0 Å². The first-order chi connectivity index (χ1) is 11.3. The zero-order chi connectivity index (χ0) is 16.1. The zero-order valence-corrected chi connectivity index (χ0v) is 13.6. The minimum atomic E-state index is -0.123. The Bertz CT molecular complexity index is 658. The average molecular weight is 335 g/mol. The van der Waals surface area contributed by atoms with Gasteiger partial charge in [-0.2, -0.15) is 0 Å². The third kappa shape index (κ3) is 4.06. The molecule has 1 unspecified atom stereocenters. The van der Waals surface area contributed by atoms with E-state index in [1.54, 1.807) is 25.7 Å². The van der Waals surface area contributed by atoms with Crippen molar-refractivity contribution < 1.29 is 14.2 Å². The van der Waals surface area contributed by atoms with E-state index < -0.39 is 0 Å². The molecule has 0 amide bonds. The highest BCUT2D eigenvalue weighted by atomic mass is 35.5. The zero-order valence-electron chi connectivity index (χ0n) is 12.9. The van der Waals surface area contributed by atoms with Crippen molar-refractivity contribution in [2.45, 2.75) is 25.2 Å². The number of hydrogen-bond acceptors (Lipinski definition) is 4. The maximum absolute atomic E-state index is 6.28. The van der Waals surface area contributed by atoms with Gasteiger partial charge in [0.1, 0.15) is 23.7 Å². The van der Waals surface area contributed by atoms with E-state index in [2.05, 4.69) is 4.98 Å². The van der Waals surface area contributed by atoms with E-state index in [9.17, 15) is 0 Å². The third-order valence-corrected chi connectivity index (χ3v) is 4.02. The molecule has 6 heteroatoms. The SMILES string of the molecule is COc1ccc(OC(CCn2ccnc2)[C@@H]2C=CCO2)c(Cl)c1. The number of methoxy groups -OCH3 is 1. The Morgan fingerprint density at radius 1 is 1.48 bits per heavy atom. The van der Waals surface area contributed by atoms with Crippen LogP contribution >= 0.6 is 11.6 Å². The van der Waals surface area contributed by atoms with Crippen LogP contribution in [0.5, 0.6) is 11.5 Å². The first-order valence-electron chi connectivity index (χ1n) is 7.50. The lowest BCUT2D eigenvalue weighted by Gasteiger charge is -2.24. The number of hydrogen-bond donors (Lipinski definition) is 0. The van der Waals surface area contributed by atoms with Gasteiger partial charge in [0, 0.05) is 31.4 Å². The maximum Gasteiger partial charge on any atom is 0.138 e. The smallest absolute Gasteiger partial charge is 0.138 e. The Morgan fingerprint density at radius 3 is 3.04 bits per heavy atom. The Hall–Kier alpha value is -1.98. The summed E-state index contributed by atoms with van der Waals surface area (Å²) < 4.78 is 19.0. The van der Waals surface area contributed by atoms with Gasteiger partial charge in [-0.1, -0.05) is 23.8 Å². The Labute approximate surface area is 140 Å². The van der Waals surface area contributed by atoms with Crippen LogP contribution in [0.4, 0.5) is 0 Å². The minimum Gasteiger partial charge on any atom is -0.497 e. The summed E-state index contributed by atoms with van der Waals surface area (Å²) in [6.07, 6.45) is 10.1. The van der Waals surface area contributed by atoms with Crippen molar-refractivity contribution in [3.63, 3.8) is 0 Å². The van der Waals surface area contributed by atoms with Crippen LogP contribution in [0.25, 0.3) is 0 Å². The molecule has 1 aromatic heterocycles. The van der Waals surface area contributed by atoms with Gasteiger partial charge in [-0.05, 0) is 12.1 Å². The van der Waals surface area contributed by atoms with E-state index in [-0.39, 0.29) is 12.2 Å². The van der Waals surface area contributed by atoms with Crippen molar-refractivity contribution in [3.8, 4) is 11.5 Å². The van der Waals surface area contributed by atoms with Gasteiger partial charge in [-0.15, -0.1) is 0 Å². The van der Waals surface area contributed by atoms with Crippen LogP contribution < -0.4 is 9.47 Å². The van der Waals surface area contributed by atoms with Gasteiger partial charge in [0.25, 0.3) is 0 Å². The predicted molar refractivity (Wildman–Crippen MR) is 88.1 cm³/mol. The van der Waals surface area contributed by atoms with Gasteiger partial charge in [0.2, 0.25) is 0 Å². The normalized spacial score (nSPS) is 18.1. The highest BCUT2D eigenvalue weighted by Crippen LogP contribution is 2.31. The number of imidazole rings is 1. The van der Waals surface area contributed by atoms with Crippen LogP contribution in [-0.2, 0) is 11.3 Å². The van der Waals surface area contributed by atoms with Crippen LogP contribution in [-0.4, -0.2) is 35.5 Å². The molecule has 1 aromatic carbocycles. The number of ether oxygens (including phenoxy) is 3. The molecular formula is C17H19ClN2O3. The molecule has 1 aliphatic rings. The summed E-state index contributed by atoms with van der Waals surface area (Å²) in [5, 5.41) is 0.527. The van der Waals surface area contributed by atoms with Crippen molar-refractivity contribution in [2.75, 3.05) is 13.7 Å². The second-order valence-electron chi connectivity index (χ2n) is 5.27. The molecule has 2 heterocycles. The molecule has 3 rings (SSSR count). The fourth-order valence-corrected chi connectivity index (χ4v) is 2.71. The van der Waals surface area contributed by atoms with E-state index in [0.717, 1.165) is 13.0 Å². The summed E-state index contributed by atoms with van der Waals surface area (Å²) in [6, 6.07) is 5.40. The number of nitrogens with zero attached hydrogens (tertiary/aromatic N) is 2. The molecular weight excluding hydrogens is 316 g/mol. The van der Waals surface area contributed by atoms with Gasteiger partial charge in [0.15, 0.2) is 0 Å². The van der Waals surface area contributed by atoms with E-state index in [0.29, 0.717) is 23.1 Å². The van der Waals surface area contributed by atoms with E-state index in [4.69, 9.17) is 25.8 Å². The van der Waals surface area contributed by atoms with Crippen LogP contribution in [0.2, 0.25) is 5.02 Å². The van der Waals surface area contributed by atoms with Gasteiger partial charge >= 0.3 is 0 Å². The van der Waals surface area contributed by atoms with Gasteiger partial charge in [-0.25, -0.2) is 4.98 Å². The maximum atomic E-state index is 6.28. The number of rotatable bonds is 7. The molecule has 0 spiro atoms. The molecule has 122 valence electrons.